The van der Waals surface area contributed by atoms with Crippen LogP contribution in [0.4, 0.5) is 5.69 Å². The highest BCUT2D eigenvalue weighted by Crippen LogP contribution is 2.12. The monoisotopic (exact) mass is 308 g/mol. The zero-order valence-corrected chi connectivity index (χ0v) is 12.9. The molecule has 1 aromatic rings. The van der Waals surface area contributed by atoms with Crippen molar-refractivity contribution in [2.45, 2.75) is 26.2 Å². The highest BCUT2D eigenvalue weighted by Gasteiger charge is 2.21. The number of carbonyl (C=O) groups is 2. The van der Waals surface area contributed by atoms with Crippen molar-refractivity contribution in [3.05, 3.63) is 29.8 Å². The van der Waals surface area contributed by atoms with Crippen molar-refractivity contribution in [2.24, 2.45) is 0 Å². The van der Waals surface area contributed by atoms with Gasteiger partial charge in [0.2, 0.25) is 0 Å². The van der Waals surface area contributed by atoms with Gasteiger partial charge in [-0.2, -0.15) is 0 Å². The van der Waals surface area contributed by atoms with Gasteiger partial charge in [0.1, 0.15) is 0 Å². The summed E-state index contributed by atoms with van der Waals surface area (Å²) >= 11 is 0. The van der Waals surface area contributed by atoms with Gasteiger partial charge in [-0.05, 0) is 30.5 Å². The third kappa shape index (κ3) is 5.83. The van der Waals surface area contributed by atoms with Gasteiger partial charge < -0.3 is 20.4 Å². The van der Waals surface area contributed by atoms with Gasteiger partial charge in [-0.25, -0.2) is 0 Å². The topological polar surface area (TPSA) is 89.9 Å². The maximum atomic E-state index is 11.9. The summed E-state index contributed by atoms with van der Waals surface area (Å²) in [6, 6.07) is 7.38. The first-order valence-electron chi connectivity index (χ1n) is 7.53. The van der Waals surface area contributed by atoms with Crippen molar-refractivity contribution in [3.63, 3.8) is 0 Å². The zero-order valence-electron chi connectivity index (χ0n) is 12.9. The molecule has 0 aromatic heterocycles. The highest BCUT2D eigenvalue weighted by molar-refractivity contribution is 6.39. The van der Waals surface area contributed by atoms with Crippen LogP contribution in [0.1, 0.15) is 25.3 Å². The van der Waals surface area contributed by atoms with Crippen molar-refractivity contribution in [3.8, 4) is 0 Å². The lowest BCUT2D eigenvalue weighted by molar-refractivity contribution is -0.143. The summed E-state index contributed by atoms with van der Waals surface area (Å²) in [5, 5.41) is 20.3. The van der Waals surface area contributed by atoms with E-state index in [1.807, 2.05) is 12.1 Å². The number of nitrogens with one attached hydrogen (secondary N) is 1. The van der Waals surface area contributed by atoms with Crippen molar-refractivity contribution in [1.29, 1.82) is 0 Å². The number of rotatable bonds is 8. The Kier molecular flexibility index (Phi) is 8.17. The van der Waals surface area contributed by atoms with Gasteiger partial charge in [0.25, 0.3) is 0 Å². The molecular formula is C16H24N2O4. The smallest absolute Gasteiger partial charge is 0.313 e. The van der Waals surface area contributed by atoms with E-state index in [2.05, 4.69) is 12.2 Å². The summed E-state index contributed by atoms with van der Waals surface area (Å²) in [4.78, 5) is 24.9. The number of unbranched alkanes of at least 4 members (excludes halogenated alkanes) is 1. The molecule has 0 aliphatic carbocycles. The summed E-state index contributed by atoms with van der Waals surface area (Å²) in [5.41, 5.74) is 1.74. The molecule has 1 rings (SSSR count). The number of aryl methyl sites for hydroxylation is 1. The van der Waals surface area contributed by atoms with Crippen LogP contribution in [0.15, 0.2) is 24.3 Å². The number of anilines is 1. The lowest BCUT2D eigenvalue weighted by Gasteiger charge is -2.19. The molecule has 0 radical (unpaired) electrons. The number of benzene rings is 1. The molecule has 0 bridgehead atoms. The lowest BCUT2D eigenvalue weighted by atomic mass is 10.1. The average Bonchev–Trinajstić information content (AvgIpc) is 2.53. The molecule has 6 nitrogen and oxygen atoms in total. The summed E-state index contributed by atoms with van der Waals surface area (Å²) in [7, 11) is 0. The van der Waals surface area contributed by atoms with Crippen LogP contribution in [0, 0.1) is 0 Å². The van der Waals surface area contributed by atoms with Gasteiger partial charge in [0.15, 0.2) is 0 Å². The molecule has 0 fully saturated rings. The van der Waals surface area contributed by atoms with Crippen LogP contribution in [-0.2, 0) is 16.0 Å². The first kappa shape index (κ1) is 18.1. The third-order valence-electron chi connectivity index (χ3n) is 3.25. The molecular weight excluding hydrogens is 284 g/mol. The number of aliphatic hydroxyl groups excluding tert-OH is 2. The van der Waals surface area contributed by atoms with E-state index >= 15 is 0 Å². The Hall–Kier alpha value is -1.92. The van der Waals surface area contributed by atoms with E-state index in [-0.39, 0.29) is 26.3 Å². The Morgan fingerprint density at radius 3 is 2.18 bits per heavy atom. The molecule has 1 aromatic carbocycles. The summed E-state index contributed by atoms with van der Waals surface area (Å²) in [6.45, 7) is 1.65. The molecule has 0 aliphatic rings. The first-order chi connectivity index (χ1) is 10.6. The number of aliphatic hydroxyl groups is 2. The van der Waals surface area contributed by atoms with E-state index in [0.717, 1.165) is 24.2 Å². The molecule has 0 saturated heterocycles. The number of amides is 2. The van der Waals surface area contributed by atoms with Crippen LogP contribution < -0.4 is 5.32 Å². The van der Waals surface area contributed by atoms with Crippen LogP contribution in [0.5, 0.6) is 0 Å². The fourth-order valence-corrected chi connectivity index (χ4v) is 2.02. The van der Waals surface area contributed by atoms with Crippen LogP contribution >= 0.6 is 0 Å². The minimum absolute atomic E-state index is 0.0166. The van der Waals surface area contributed by atoms with Crippen molar-refractivity contribution in [2.75, 3.05) is 31.6 Å². The van der Waals surface area contributed by atoms with Gasteiger partial charge in [0.05, 0.1) is 13.2 Å². The highest BCUT2D eigenvalue weighted by atomic mass is 16.3. The van der Waals surface area contributed by atoms with Crippen LogP contribution in [0.25, 0.3) is 0 Å². The average molecular weight is 308 g/mol. The lowest BCUT2D eigenvalue weighted by Crippen LogP contribution is -2.42. The molecule has 2 amide bonds. The second-order valence-electron chi connectivity index (χ2n) is 4.99. The molecule has 3 N–H and O–H groups in total. The molecule has 0 aliphatic heterocycles. The van der Waals surface area contributed by atoms with E-state index in [9.17, 15) is 9.59 Å². The molecule has 122 valence electrons. The summed E-state index contributed by atoms with van der Waals surface area (Å²) < 4.78 is 0. The van der Waals surface area contributed by atoms with Gasteiger partial charge >= 0.3 is 11.8 Å². The molecule has 0 unspecified atom stereocenters. The molecule has 0 spiro atoms. The number of nitrogens with zero attached hydrogens (tertiary/aromatic N) is 1. The predicted molar refractivity (Wildman–Crippen MR) is 84.4 cm³/mol. The third-order valence-corrected chi connectivity index (χ3v) is 3.25. The Bertz CT molecular complexity index is 468. The Balaban J connectivity index is 2.60. The van der Waals surface area contributed by atoms with Crippen molar-refractivity contribution >= 4 is 17.5 Å². The Morgan fingerprint density at radius 2 is 1.68 bits per heavy atom. The van der Waals surface area contributed by atoms with Crippen LogP contribution in [0.3, 0.4) is 0 Å². The van der Waals surface area contributed by atoms with Gasteiger partial charge in [0, 0.05) is 18.8 Å². The SMILES string of the molecule is CCCCc1ccc(NC(=O)C(=O)N(CCO)CCO)cc1. The maximum Gasteiger partial charge on any atom is 0.313 e. The normalized spacial score (nSPS) is 10.3. The fourth-order valence-electron chi connectivity index (χ4n) is 2.02. The minimum atomic E-state index is -0.775. The van der Waals surface area contributed by atoms with Crippen LogP contribution in [0.2, 0.25) is 0 Å². The molecule has 0 saturated carbocycles. The first-order valence-corrected chi connectivity index (χ1v) is 7.53. The number of carbonyl (C=O) groups excluding carboxylic acids is 2. The Labute approximate surface area is 130 Å². The maximum absolute atomic E-state index is 11.9. The Morgan fingerprint density at radius 1 is 1.09 bits per heavy atom. The largest absolute Gasteiger partial charge is 0.395 e. The zero-order chi connectivity index (χ0) is 16.4. The quantitative estimate of drug-likeness (QED) is 0.619. The predicted octanol–water partition coefficient (Wildman–Crippen LogP) is 0.781. The van der Waals surface area contributed by atoms with E-state index in [1.165, 1.54) is 5.56 Å². The molecule has 0 heterocycles. The summed E-state index contributed by atoms with van der Waals surface area (Å²) in [6.07, 6.45) is 3.23. The fraction of sp³-hybridized carbons (Fsp3) is 0.500. The molecule has 0 atom stereocenters. The van der Waals surface area contributed by atoms with E-state index in [1.54, 1.807) is 12.1 Å². The van der Waals surface area contributed by atoms with E-state index in [0.29, 0.717) is 5.69 Å². The van der Waals surface area contributed by atoms with E-state index in [4.69, 9.17) is 10.2 Å². The van der Waals surface area contributed by atoms with Crippen LogP contribution in [-0.4, -0.2) is 53.2 Å². The van der Waals surface area contributed by atoms with Crippen molar-refractivity contribution in [1.82, 2.24) is 4.90 Å². The molecule has 6 heteroatoms. The number of hydrogen-bond donors (Lipinski definition) is 3. The van der Waals surface area contributed by atoms with E-state index < -0.39 is 11.8 Å². The van der Waals surface area contributed by atoms with Gasteiger partial charge in [-0.15, -0.1) is 0 Å². The summed E-state index contributed by atoms with van der Waals surface area (Å²) in [5.74, 6) is -1.54. The number of hydrogen-bond acceptors (Lipinski definition) is 4. The van der Waals surface area contributed by atoms with Gasteiger partial charge in [-0.3, -0.25) is 9.59 Å². The second-order valence-corrected chi connectivity index (χ2v) is 4.99. The van der Waals surface area contributed by atoms with Gasteiger partial charge in [-0.1, -0.05) is 25.5 Å². The standard InChI is InChI=1S/C16H24N2O4/c1-2-3-4-13-5-7-14(8-6-13)17-15(21)16(22)18(9-11-19)10-12-20/h5-8,19-20H,2-4,9-12H2,1H3,(H,17,21). The molecule has 22 heavy (non-hydrogen) atoms. The minimum Gasteiger partial charge on any atom is -0.395 e. The van der Waals surface area contributed by atoms with Crippen molar-refractivity contribution < 1.29 is 19.8 Å². The second kappa shape index (κ2) is 9.92.